The van der Waals surface area contributed by atoms with E-state index in [1.165, 1.54) is 0 Å². The molecule has 0 aromatic heterocycles. The summed E-state index contributed by atoms with van der Waals surface area (Å²) in [7, 11) is 0. The maximum atomic E-state index is 11.6. The molecule has 6 nitrogen and oxygen atoms in total. The zero-order valence-corrected chi connectivity index (χ0v) is 9.34. The number of amides is 1. The lowest BCUT2D eigenvalue weighted by molar-refractivity contribution is -0.142. The van der Waals surface area contributed by atoms with Gasteiger partial charge in [0.25, 0.3) is 0 Å². The summed E-state index contributed by atoms with van der Waals surface area (Å²) in [5.74, 6) is -1.14. The molecule has 1 aliphatic heterocycles. The molecule has 6 heteroatoms. The molecule has 16 heavy (non-hydrogen) atoms. The van der Waals surface area contributed by atoms with Crippen molar-refractivity contribution in [2.45, 2.75) is 38.0 Å². The summed E-state index contributed by atoms with van der Waals surface area (Å²) in [5, 5.41) is 18.2. The molecule has 1 saturated heterocycles. The molecule has 2 atom stereocenters. The van der Waals surface area contributed by atoms with Crippen molar-refractivity contribution in [3.63, 3.8) is 0 Å². The minimum absolute atomic E-state index is 0.0219. The Morgan fingerprint density at radius 2 is 2.06 bits per heavy atom. The van der Waals surface area contributed by atoms with Gasteiger partial charge in [0.1, 0.15) is 13.0 Å². The van der Waals surface area contributed by atoms with Crippen LogP contribution >= 0.6 is 0 Å². The molecule has 2 N–H and O–H groups in total. The fraction of sp³-hybridized carbons (Fsp3) is 0.700. The van der Waals surface area contributed by atoms with Gasteiger partial charge in [-0.05, 0) is 0 Å². The molecule has 0 unspecified atom stereocenters. The average molecular weight is 230 g/mol. The van der Waals surface area contributed by atoms with Gasteiger partial charge in [-0.15, -0.1) is 0 Å². The highest BCUT2D eigenvalue weighted by Gasteiger charge is 2.41. The Bertz CT molecular complexity index is 296. The Morgan fingerprint density at radius 1 is 1.50 bits per heavy atom. The predicted molar refractivity (Wildman–Crippen MR) is 54.7 cm³/mol. The van der Waals surface area contributed by atoms with Gasteiger partial charge in [0.2, 0.25) is 5.60 Å². The minimum Gasteiger partial charge on any atom is -0.480 e. The third-order valence-electron chi connectivity index (χ3n) is 2.16. The number of carboxylic acid groups (broad SMARTS) is 1. The van der Waals surface area contributed by atoms with Crippen molar-refractivity contribution in [1.82, 2.24) is 4.90 Å². The third-order valence-corrected chi connectivity index (χ3v) is 2.16. The van der Waals surface area contributed by atoms with E-state index in [1.807, 2.05) is 0 Å². The maximum absolute atomic E-state index is 11.6. The fourth-order valence-corrected chi connectivity index (χ4v) is 1.54. The second-order valence-electron chi connectivity index (χ2n) is 4.52. The van der Waals surface area contributed by atoms with Crippen molar-refractivity contribution >= 4 is 12.1 Å². The van der Waals surface area contributed by atoms with Gasteiger partial charge in [0.05, 0.1) is 12.6 Å². The van der Waals surface area contributed by atoms with Gasteiger partial charge in [-0.1, -0.05) is 0 Å². The Labute approximate surface area is 93.8 Å². The number of rotatable bonds is 2. The van der Waals surface area contributed by atoms with Gasteiger partial charge in [-0.3, -0.25) is 4.90 Å². The predicted octanol–water partition coefficient (Wildman–Crippen LogP) is 0.255. The Kier molecular flexibility index (Phi) is 3.32. The molecule has 0 bridgehead atoms. The topological polar surface area (TPSA) is 87.1 Å². The van der Waals surface area contributed by atoms with E-state index in [0.29, 0.717) is 0 Å². The molecular formula is C10H16NO5+. The molecule has 0 radical (unpaired) electrons. The summed E-state index contributed by atoms with van der Waals surface area (Å²) in [5.41, 5.74) is -0.923. The van der Waals surface area contributed by atoms with Crippen LogP contribution < -0.4 is 0 Å². The normalized spacial score (nSPS) is 25.6. The fourth-order valence-electron chi connectivity index (χ4n) is 1.54. The summed E-state index contributed by atoms with van der Waals surface area (Å²) < 4.78 is 4.95. The summed E-state index contributed by atoms with van der Waals surface area (Å²) in [6, 6.07) is -1.02. The van der Waals surface area contributed by atoms with Crippen molar-refractivity contribution in [3.05, 3.63) is 6.92 Å². The molecule has 1 amide bonds. The van der Waals surface area contributed by atoms with E-state index in [9.17, 15) is 14.7 Å². The molecule has 0 saturated carbocycles. The zero-order valence-electron chi connectivity index (χ0n) is 9.34. The van der Waals surface area contributed by atoms with Crippen LogP contribution in [0.5, 0.6) is 0 Å². The van der Waals surface area contributed by atoms with E-state index in [4.69, 9.17) is 9.84 Å². The van der Waals surface area contributed by atoms with Crippen LogP contribution in [0.1, 0.15) is 20.3 Å². The van der Waals surface area contributed by atoms with Crippen LogP contribution in [0.15, 0.2) is 0 Å². The number of aliphatic hydroxyl groups is 1. The third kappa shape index (κ3) is 3.03. The second-order valence-corrected chi connectivity index (χ2v) is 4.52. The minimum atomic E-state index is -1.14. The number of aliphatic hydroxyl groups excluding tert-OH is 1. The molecule has 1 fully saturated rings. The SMILES string of the molecule is [CH2+]C(C)(C)OC(=O)N1C[C@H](O)C[C@H]1C(=O)O. The summed E-state index contributed by atoms with van der Waals surface area (Å²) in [6.45, 7) is 6.75. The first kappa shape index (κ1) is 12.6. The van der Waals surface area contributed by atoms with Gasteiger partial charge < -0.3 is 14.9 Å². The Hall–Kier alpha value is -1.43. The van der Waals surface area contributed by atoms with Crippen LogP contribution in [0.4, 0.5) is 4.79 Å². The monoisotopic (exact) mass is 230 g/mol. The molecule has 1 heterocycles. The quantitative estimate of drug-likeness (QED) is 0.664. The molecule has 0 aromatic carbocycles. The van der Waals surface area contributed by atoms with E-state index in [2.05, 4.69) is 6.92 Å². The van der Waals surface area contributed by atoms with Crippen LogP contribution in [0.2, 0.25) is 0 Å². The van der Waals surface area contributed by atoms with E-state index >= 15 is 0 Å². The van der Waals surface area contributed by atoms with Crippen LogP contribution in [0, 0.1) is 6.92 Å². The number of ether oxygens (including phenoxy) is 1. The van der Waals surface area contributed by atoms with Crippen molar-refractivity contribution in [2.24, 2.45) is 0 Å². The Balaban J connectivity index is 2.71. The maximum Gasteiger partial charge on any atom is 0.414 e. The lowest BCUT2D eigenvalue weighted by Crippen LogP contribution is -2.43. The average Bonchev–Trinajstić information content (AvgIpc) is 2.44. The highest BCUT2D eigenvalue weighted by molar-refractivity contribution is 5.81. The first-order chi connectivity index (χ1) is 7.20. The number of carbonyl (C=O) groups excluding carboxylic acids is 1. The van der Waals surface area contributed by atoms with Crippen LogP contribution in [-0.2, 0) is 9.53 Å². The molecule has 90 valence electrons. The van der Waals surface area contributed by atoms with Gasteiger partial charge in [0, 0.05) is 20.3 Å². The number of carboxylic acids is 1. The highest BCUT2D eigenvalue weighted by Crippen LogP contribution is 2.21. The number of β-amino-alcohol motifs (C(OH)–C–C–N with tert-alkyl or cyclic N) is 1. The van der Waals surface area contributed by atoms with Crippen LogP contribution in [-0.4, -0.2) is 51.5 Å². The van der Waals surface area contributed by atoms with Gasteiger partial charge in [-0.25, -0.2) is 9.59 Å². The standard InChI is InChI=1S/C10H15NO5/c1-10(2,3)16-9(15)11-5-6(12)4-7(11)8(13)14/h6-7,12H,1,4-5H2,2-3H3/p+1/t6-,7+/m1/s1. The lowest BCUT2D eigenvalue weighted by Gasteiger charge is -2.23. The summed E-state index contributed by atoms with van der Waals surface area (Å²) in [4.78, 5) is 23.5. The van der Waals surface area contributed by atoms with Gasteiger partial charge in [0.15, 0.2) is 0 Å². The van der Waals surface area contributed by atoms with Crippen molar-refractivity contribution in [3.8, 4) is 0 Å². The number of likely N-dealkylation sites (tertiary alicyclic amines) is 1. The van der Waals surface area contributed by atoms with E-state index < -0.39 is 29.8 Å². The number of aliphatic carboxylic acids is 1. The first-order valence-electron chi connectivity index (χ1n) is 4.96. The molecule has 1 rings (SSSR count). The van der Waals surface area contributed by atoms with E-state index in [0.717, 1.165) is 4.90 Å². The van der Waals surface area contributed by atoms with Crippen LogP contribution in [0.3, 0.4) is 0 Å². The zero-order chi connectivity index (χ0) is 12.5. The summed E-state index contributed by atoms with van der Waals surface area (Å²) in [6.07, 6.45) is -1.55. The van der Waals surface area contributed by atoms with Crippen molar-refractivity contribution in [2.75, 3.05) is 6.54 Å². The molecular weight excluding hydrogens is 214 g/mol. The van der Waals surface area contributed by atoms with Gasteiger partial charge >= 0.3 is 12.1 Å². The molecule has 0 aliphatic carbocycles. The number of carbonyl (C=O) groups is 2. The van der Waals surface area contributed by atoms with Crippen molar-refractivity contribution in [1.29, 1.82) is 0 Å². The first-order valence-corrected chi connectivity index (χ1v) is 4.96. The smallest absolute Gasteiger partial charge is 0.414 e. The molecule has 0 spiro atoms. The van der Waals surface area contributed by atoms with E-state index in [-0.39, 0.29) is 13.0 Å². The largest absolute Gasteiger partial charge is 0.480 e. The summed E-state index contributed by atoms with van der Waals surface area (Å²) >= 11 is 0. The molecule has 0 aromatic rings. The van der Waals surface area contributed by atoms with Crippen LogP contribution in [0.25, 0.3) is 0 Å². The molecule has 1 aliphatic rings. The second kappa shape index (κ2) is 4.21. The lowest BCUT2D eigenvalue weighted by atomic mass is 10.2. The van der Waals surface area contributed by atoms with Gasteiger partial charge in [-0.2, -0.15) is 0 Å². The number of hydrogen-bond acceptors (Lipinski definition) is 4. The number of hydrogen-bond donors (Lipinski definition) is 2. The highest BCUT2D eigenvalue weighted by atomic mass is 16.6. The van der Waals surface area contributed by atoms with Crippen molar-refractivity contribution < 1.29 is 24.5 Å². The van der Waals surface area contributed by atoms with E-state index in [1.54, 1.807) is 13.8 Å². The number of nitrogens with zero attached hydrogens (tertiary/aromatic N) is 1. The Morgan fingerprint density at radius 3 is 2.50 bits per heavy atom.